The monoisotopic (exact) mass is 286 g/mol. The van der Waals surface area contributed by atoms with Crippen molar-refractivity contribution in [3.8, 4) is 0 Å². The molecule has 19 heavy (non-hydrogen) atoms. The van der Waals surface area contributed by atoms with Gasteiger partial charge >= 0.3 is 5.43 Å². The summed E-state index contributed by atoms with van der Waals surface area (Å²) in [6, 6.07) is 9.36. The van der Waals surface area contributed by atoms with Crippen LogP contribution in [0.3, 0.4) is 0 Å². The molecule has 0 radical (unpaired) electrons. The number of halogens is 1. The maximum atomic E-state index is 10.2. The Morgan fingerprint density at radius 3 is 1.63 bits per heavy atom. The molecule has 0 aromatic heterocycles. The molecule has 0 spiro atoms. The molecule has 1 rings (SSSR count). The van der Waals surface area contributed by atoms with Crippen molar-refractivity contribution in [1.29, 1.82) is 21.6 Å². The molecule has 1 aromatic carbocycles. The first-order valence-corrected chi connectivity index (χ1v) is 4.94. The van der Waals surface area contributed by atoms with Crippen LogP contribution >= 0.6 is 11.6 Å². The number of hydrogen-bond acceptors (Lipinski definition) is 6. The number of benzene rings is 1. The summed E-state index contributed by atoms with van der Waals surface area (Å²) in [7, 11) is 0. The minimum atomic E-state index is -0.770. The van der Waals surface area contributed by atoms with Crippen LogP contribution in [0.2, 0.25) is 0 Å². The van der Waals surface area contributed by atoms with E-state index < -0.39 is 5.43 Å². The Labute approximate surface area is 118 Å². The summed E-state index contributed by atoms with van der Waals surface area (Å²) in [6.45, 7) is 10.2. The van der Waals surface area contributed by atoms with Crippen LogP contribution in [-0.4, -0.2) is 32.3 Å². The summed E-state index contributed by atoms with van der Waals surface area (Å²) in [4.78, 5) is 10.2. The van der Waals surface area contributed by atoms with Crippen LogP contribution in [0.25, 0.3) is 0 Å². The molecule has 0 aliphatic heterocycles. The van der Waals surface area contributed by atoms with Gasteiger partial charge in [-0.25, -0.2) is 4.79 Å². The molecule has 0 bridgehead atoms. The molecule has 0 fully saturated rings. The highest BCUT2D eigenvalue weighted by atomic mass is 35.5. The zero-order valence-electron chi connectivity index (χ0n) is 10.6. The smallest absolute Gasteiger partial charge is 0.404 e. The minimum Gasteiger partial charge on any atom is -0.449 e. The molecular formula is C12H19ClN4O2. The summed E-state index contributed by atoms with van der Waals surface area (Å²) in [5.41, 5.74) is 0.162. The molecule has 1 aromatic rings. The van der Waals surface area contributed by atoms with E-state index in [0.29, 0.717) is 0 Å². The molecule has 0 unspecified atom stereocenters. The number of hydrogen-bond donors (Lipinski definition) is 4. The van der Waals surface area contributed by atoms with Gasteiger partial charge in [0, 0.05) is 11.6 Å². The van der Waals surface area contributed by atoms with Crippen molar-refractivity contribution in [1.82, 2.24) is 0 Å². The highest BCUT2D eigenvalue weighted by molar-refractivity contribution is 6.61. The van der Waals surface area contributed by atoms with Crippen molar-refractivity contribution < 1.29 is 9.53 Å². The average Bonchev–Trinajstić information content (AvgIpc) is 2.54. The predicted octanol–water partition coefficient (Wildman–Crippen LogP) is 3.63. The number of ether oxygens (including phenoxy) is 1. The molecule has 7 heteroatoms. The zero-order valence-corrected chi connectivity index (χ0v) is 11.4. The Morgan fingerprint density at radius 2 is 1.32 bits per heavy atom. The Balaban J connectivity index is -0.000000121. The maximum absolute atomic E-state index is 10.2. The van der Waals surface area contributed by atoms with Gasteiger partial charge in [0.1, 0.15) is 6.61 Å². The van der Waals surface area contributed by atoms with Crippen LogP contribution in [0.15, 0.2) is 30.3 Å². The van der Waals surface area contributed by atoms with Crippen molar-refractivity contribution in [2.45, 2.75) is 6.61 Å². The lowest BCUT2D eigenvalue weighted by molar-refractivity contribution is 0.167. The van der Waals surface area contributed by atoms with Crippen molar-refractivity contribution in [3.63, 3.8) is 0 Å². The first-order chi connectivity index (χ1) is 9.29. The third kappa shape index (κ3) is 25.7. The van der Waals surface area contributed by atoms with Crippen LogP contribution in [0.4, 0.5) is 4.79 Å². The lowest BCUT2D eigenvalue weighted by atomic mass is 10.2. The molecule has 4 N–H and O–H groups in total. The summed E-state index contributed by atoms with van der Waals surface area (Å²) >= 11 is 4.97. The molecule has 0 aliphatic rings. The van der Waals surface area contributed by atoms with Gasteiger partial charge in [0.05, 0.1) is 0 Å². The van der Waals surface area contributed by atoms with Crippen LogP contribution in [0.5, 0.6) is 0 Å². The summed E-state index contributed by atoms with van der Waals surface area (Å²) in [5, 5.41) is 22.0. The number of carbonyl (C=O) groups is 1. The minimum absolute atomic E-state index is 0.239. The van der Waals surface area contributed by atoms with Gasteiger partial charge in [0.2, 0.25) is 0 Å². The SMILES string of the molecule is C=N.C=N.C=N.C=N.O=C(Cl)OCc1ccccc1. The lowest BCUT2D eigenvalue weighted by Crippen LogP contribution is -1.93. The number of rotatable bonds is 2. The van der Waals surface area contributed by atoms with Crippen LogP contribution in [0, 0.1) is 21.6 Å². The van der Waals surface area contributed by atoms with E-state index in [4.69, 9.17) is 33.2 Å². The van der Waals surface area contributed by atoms with Crippen molar-refractivity contribution in [2.75, 3.05) is 0 Å². The van der Waals surface area contributed by atoms with Gasteiger partial charge in [-0.3, -0.25) is 0 Å². The fourth-order valence-corrected chi connectivity index (χ4v) is 0.769. The normalized spacial score (nSPS) is 6.16. The standard InChI is InChI=1S/C8H7ClO2.4CH3N/c9-8(10)11-6-7-4-2-1-3-5-7;4*1-2/h1-5H,6H2;4*2H,1H2. The largest absolute Gasteiger partial charge is 0.449 e. The van der Waals surface area contributed by atoms with Crippen LogP contribution < -0.4 is 0 Å². The van der Waals surface area contributed by atoms with Crippen LogP contribution in [0.1, 0.15) is 5.56 Å². The Morgan fingerprint density at radius 1 is 0.947 bits per heavy atom. The third-order valence-corrected chi connectivity index (χ3v) is 1.30. The van der Waals surface area contributed by atoms with E-state index in [1.54, 1.807) is 0 Å². The van der Waals surface area contributed by atoms with Gasteiger partial charge in [-0.15, -0.1) is 0 Å². The predicted molar refractivity (Wildman–Crippen MR) is 81.8 cm³/mol. The molecule has 106 valence electrons. The second-order valence-corrected chi connectivity index (χ2v) is 2.32. The summed E-state index contributed by atoms with van der Waals surface area (Å²) in [6.07, 6.45) is 0. The van der Waals surface area contributed by atoms with Crippen molar-refractivity contribution in [3.05, 3.63) is 35.9 Å². The molecule has 0 saturated carbocycles. The average molecular weight is 287 g/mol. The van der Waals surface area contributed by atoms with Gasteiger partial charge in [0.25, 0.3) is 0 Å². The van der Waals surface area contributed by atoms with E-state index >= 15 is 0 Å². The summed E-state index contributed by atoms with van der Waals surface area (Å²) in [5.74, 6) is 0. The highest BCUT2D eigenvalue weighted by Crippen LogP contribution is 2.01. The second kappa shape index (κ2) is 29.6. The third-order valence-electron chi connectivity index (χ3n) is 1.20. The van der Waals surface area contributed by atoms with Crippen molar-refractivity contribution in [2.24, 2.45) is 0 Å². The number of carbonyl (C=O) groups excluding carboxylic acids is 1. The zero-order chi connectivity index (χ0) is 16.1. The molecule has 0 saturated heterocycles. The maximum Gasteiger partial charge on any atom is 0.404 e. The first kappa shape index (κ1) is 25.5. The molecule has 0 heterocycles. The van der Waals surface area contributed by atoms with E-state index in [1.165, 1.54) is 0 Å². The summed E-state index contributed by atoms with van der Waals surface area (Å²) < 4.78 is 4.55. The number of nitrogens with one attached hydrogen (secondary N) is 4. The van der Waals surface area contributed by atoms with E-state index in [2.05, 4.69) is 31.6 Å². The fraction of sp³-hybridized carbons (Fsp3) is 0.0833. The fourth-order valence-electron chi connectivity index (χ4n) is 0.714. The highest BCUT2D eigenvalue weighted by Gasteiger charge is 1.95. The molecule has 6 nitrogen and oxygen atoms in total. The van der Waals surface area contributed by atoms with Gasteiger partial charge in [-0.2, -0.15) is 0 Å². The van der Waals surface area contributed by atoms with Gasteiger partial charge in [-0.1, -0.05) is 30.3 Å². The van der Waals surface area contributed by atoms with Gasteiger partial charge in [-0.05, 0) is 32.4 Å². The Bertz CT molecular complexity index is 291. The van der Waals surface area contributed by atoms with Crippen molar-refractivity contribution >= 4 is 43.9 Å². The van der Waals surface area contributed by atoms with Gasteiger partial charge < -0.3 is 26.4 Å². The Hall–Kier alpha value is -2.34. The molecule has 0 amide bonds. The second-order valence-electron chi connectivity index (χ2n) is 2.01. The quantitative estimate of drug-likeness (QED) is 0.490. The van der Waals surface area contributed by atoms with E-state index in [0.717, 1.165) is 5.56 Å². The first-order valence-electron chi connectivity index (χ1n) is 4.56. The molecule has 0 aliphatic carbocycles. The molecule has 0 atom stereocenters. The molecular weight excluding hydrogens is 268 g/mol. The van der Waals surface area contributed by atoms with E-state index in [9.17, 15) is 4.79 Å². The van der Waals surface area contributed by atoms with E-state index in [-0.39, 0.29) is 6.61 Å². The van der Waals surface area contributed by atoms with Crippen LogP contribution in [-0.2, 0) is 11.3 Å². The topological polar surface area (TPSA) is 122 Å². The van der Waals surface area contributed by atoms with Gasteiger partial charge in [0.15, 0.2) is 0 Å². The Kier molecular flexibility index (Phi) is 39.7. The van der Waals surface area contributed by atoms with E-state index in [1.807, 2.05) is 30.3 Å². The lowest BCUT2D eigenvalue weighted by Gasteiger charge is -1.98.